The monoisotopic (exact) mass is 349 g/mol. The Hall–Kier alpha value is -2.27. The van der Waals surface area contributed by atoms with Gasteiger partial charge in [0.25, 0.3) is 11.9 Å². The largest absolute Gasteiger partial charge is 0.503 e. The van der Waals surface area contributed by atoms with Gasteiger partial charge in [-0.2, -0.15) is 0 Å². The van der Waals surface area contributed by atoms with E-state index in [0.717, 1.165) is 25.7 Å². The lowest BCUT2D eigenvalue weighted by Crippen LogP contribution is -2.22. The van der Waals surface area contributed by atoms with Gasteiger partial charge in [0.1, 0.15) is 0 Å². The molecule has 24 heavy (non-hydrogen) atoms. The summed E-state index contributed by atoms with van der Waals surface area (Å²) < 4.78 is 6.36. The number of carbonyl (C=O) groups excluding carboxylic acids is 1. The smallest absolute Gasteiger partial charge is 0.298 e. The molecule has 6 heteroatoms. The average molecular weight is 350 g/mol. The number of carbonyl (C=O) groups is 1. The fraction of sp³-hybridized carbons (Fsp3) is 0.333. The third kappa shape index (κ3) is 4.61. The van der Waals surface area contributed by atoms with E-state index in [1.165, 1.54) is 17.9 Å². The van der Waals surface area contributed by atoms with Crippen molar-refractivity contribution < 1.29 is 14.6 Å². The molecule has 0 atom stereocenters. The summed E-state index contributed by atoms with van der Waals surface area (Å²) in [6, 6.07) is 0. The van der Waals surface area contributed by atoms with E-state index < -0.39 is 11.2 Å². The van der Waals surface area contributed by atoms with E-state index in [1.807, 2.05) is 18.2 Å². The van der Waals surface area contributed by atoms with Gasteiger partial charge in [-0.25, -0.2) is 0 Å². The Balaban J connectivity index is 2.24. The number of halogens is 1. The minimum atomic E-state index is -0.690. The van der Waals surface area contributed by atoms with E-state index in [2.05, 4.69) is 10.8 Å². The summed E-state index contributed by atoms with van der Waals surface area (Å²) in [5.41, 5.74) is 0.688. The molecule has 0 saturated heterocycles. The van der Waals surface area contributed by atoms with Crippen molar-refractivity contribution in [2.45, 2.75) is 32.2 Å². The van der Waals surface area contributed by atoms with Crippen molar-refractivity contribution in [3.05, 3.63) is 58.5 Å². The lowest BCUT2D eigenvalue weighted by molar-refractivity contribution is -0.120. The third-order valence-corrected chi connectivity index (χ3v) is 4.30. The Bertz CT molecular complexity index is 712. The minimum Gasteiger partial charge on any atom is -0.503 e. The van der Waals surface area contributed by atoms with Gasteiger partial charge in [-0.05, 0) is 12.8 Å². The summed E-state index contributed by atoms with van der Waals surface area (Å²) in [6.07, 6.45) is 16.7. The van der Waals surface area contributed by atoms with Gasteiger partial charge in [0.2, 0.25) is 0 Å². The maximum atomic E-state index is 11.7. The fourth-order valence-corrected chi connectivity index (χ4v) is 3.15. The number of aromatic nitrogens is 1. The van der Waals surface area contributed by atoms with Gasteiger partial charge in [-0.1, -0.05) is 54.8 Å². The van der Waals surface area contributed by atoms with Gasteiger partial charge in [-0.15, -0.1) is 0 Å². The molecule has 1 fully saturated rings. The van der Waals surface area contributed by atoms with Crippen molar-refractivity contribution in [3.63, 3.8) is 0 Å². The van der Waals surface area contributed by atoms with Crippen LogP contribution >= 0.6 is 11.6 Å². The highest BCUT2D eigenvalue weighted by Crippen LogP contribution is 2.41. The molecule has 0 radical (unpaired) electrons. The Morgan fingerprint density at radius 2 is 1.92 bits per heavy atom. The van der Waals surface area contributed by atoms with Crippen LogP contribution in [0.25, 0.3) is 0 Å². The van der Waals surface area contributed by atoms with Crippen LogP contribution in [-0.4, -0.2) is 16.1 Å². The van der Waals surface area contributed by atoms with Crippen LogP contribution in [0.3, 0.4) is 0 Å². The minimum absolute atomic E-state index is 0.0605. The van der Waals surface area contributed by atoms with Crippen LogP contribution in [0.4, 0.5) is 0 Å². The first-order valence-electron chi connectivity index (χ1n) is 7.75. The Morgan fingerprint density at radius 1 is 1.21 bits per heavy atom. The van der Waals surface area contributed by atoms with Crippen LogP contribution in [0.15, 0.2) is 53.1 Å². The van der Waals surface area contributed by atoms with Crippen LogP contribution in [0.2, 0.25) is 0 Å². The van der Waals surface area contributed by atoms with Crippen LogP contribution in [0.1, 0.15) is 25.7 Å². The van der Waals surface area contributed by atoms with Crippen LogP contribution in [-0.2, 0) is 11.3 Å². The predicted molar refractivity (Wildman–Crippen MR) is 93.2 cm³/mol. The summed E-state index contributed by atoms with van der Waals surface area (Å²) in [5, 5.41) is 9.76. The fourth-order valence-electron chi connectivity index (χ4n) is 3.07. The van der Waals surface area contributed by atoms with E-state index in [9.17, 15) is 14.7 Å². The molecule has 1 aromatic heterocycles. The Labute approximate surface area is 145 Å². The highest BCUT2D eigenvalue weighted by atomic mass is 35.5. The highest BCUT2D eigenvalue weighted by Gasteiger charge is 2.31. The zero-order valence-electron chi connectivity index (χ0n) is 13.2. The Kier molecular flexibility index (Phi) is 6.44. The molecule has 128 valence electrons. The molecule has 0 aliphatic heterocycles. The zero-order valence-corrected chi connectivity index (χ0v) is 14.0. The summed E-state index contributed by atoms with van der Waals surface area (Å²) in [6.45, 7) is 0.771. The Morgan fingerprint density at radius 3 is 2.58 bits per heavy atom. The van der Waals surface area contributed by atoms with Gasteiger partial charge in [-0.3, -0.25) is 9.59 Å². The van der Waals surface area contributed by atoms with E-state index in [1.54, 1.807) is 10.6 Å². The molecular formula is C18H20ClNO4. The third-order valence-electron chi connectivity index (χ3n) is 4.16. The molecule has 1 N–H and O–H groups in total. The number of allylic oxidation sites excluding steroid dienone is 5. The summed E-state index contributed by atoms with van der Waals surface area (Å²) in [5.74, 6) is -0.604. The highest BCUT2D eigenvalue weighted by molar-refractivity contribution is 6.25. The van der Waals surface area contributed by atoms with Crippen LogP contribution in [0.5, 0.6) is 11.5 Å². The molecule has 0 amide bonds. The zero-order chi connectivity index (χ0) is 17.4. The standard InChI is InChI=1S/C18H20ClNO4/c19-10-6-2-1-3-7-18(8-4-5-9-18)13-20-11-15(22)17(23)16(12-20)24-14-21/h1-3,6-7,10-12,14,22H,4-5,8-9,13H2. The first kappa shape index (κ1) is 18.1. The van der Waals surface area contributed by atoms with E-state index in [4.69, 9.17) is 11.6 Å². The van der Waals surface area contributed by atoms with E-state index in [0.29, 0.717) is 6.54 Å². The SMILES string of the molecule is O=COc1cn(CC2(C=CC=CC=CCl)CCCC2)cc(O)c1=O. The molecule has 1 aliphatic rings. The van der Waals surface area contributed by atoms with Crippen molar-refractivity contribution in [3.8, 4) is 11.5 Å². The first-order valence-corrected chi connectivity index (χ1v) is 8.18. The number of aromatic hydroxyl groups is 1. The molecular weight excluding hydrogens is 330 g/mol. The molecule has 0 spiro atoms. The van der Waals surface area contributed by atoms with Crippen LogP contribution in [0, 0.1) is 5.41 Å². The average Bonchev–Trinajstić information content (AvgIpc) is 3.01. The van der Waals surface area contributed by atoms with Crippen molar-refractivity contribution in [1.82, 2.24) is 4.57 Å². The molecule has 0 bridgehead atoms. The molecule has 0 unspecified atom stereocenters. The second-order valence-corrected chi connectivity index (χ2v) is 6.11. The number of hydrogen-bond donors (Lipinski definition) is 1. The second-order valence-electron chi connectivity index (χ2n) is 5.86. The first-order chi connectivity index (χ1) is 11.6. The maximum Gasteiger partial charge on any atom is 0.298 e. The predicted octanol–water partition coefficient (Wildman–Crippen LogP) is 3.51. The lowest BCUT2D eigenvalue weighted by Gasteiger charge is -2.26. The van der Waals surface area contributed by atoms with E-state index in [-0.39, 0.29) is 17.6 Å². The van der Waals surface area contributed by atoms with Crippen molar-refractivity contribution >= 4 is 18.1 Å². The maximum absolute atomic E-state index is 11.7. The number of pyridine rings is 1. The summed E-state index contributed by atoms with van der Waals surface area (Å²) in [4.78, 5) is 22.2. The quantitative estimate of drug-likeness (QED) is 0.604. The van der Waals surface area contributed by atoms with Crippen molar-refractivity contribution in [2.75, 3.05) is 0 Å². The molecule has 0 aromatic carbocycles. The van der Waals surface area contributed by atoms with Crippen molar-refractivity contribution in [2.24, 2.45) is 5.41 Å². The van der Waals surface area contributed by atoms with E-state index >= 15 is 0 Å². The number of rotatable bonds is 7. The van der Waals surface area contributed by atoms with Gasteiger partial charge in [0.15, 0.2) is 11.5 Å². The molecule has 5 nitrogen and oxygen atoms in total. The molecule has 1 aliphatic carbocycles. The lowest BCUT2D eigenvalue weighted by atomic mass is 9.85. The van der Waals surface area contributed by atoms with Gasteiger partial charge in [0, 0.05) is 17.5 Å². The second kappa shape index (κ2) is 8.55. The summed E-state index contributed by atoms with van der Waals surface area (Å²) in [7, 11) is 0. The van der Waals surface area contributed by atoms with Gasteiger partial charge < -0.3 is 14.4 Å². The van der Waals surface area contributed by atoms with Gasteiger partial charge in [0.05, 0.1) is 12.4 Å². The topological polar surface area (TPSA) is 68.5 Å². The molecule has 1 heterocycles. The van der Waals surface area contributed by atoms with Gasteiger partial charge >= 0.3 is 0 Å². The van der Waals surface area contributed by atoms with Crippen LogP contribution < -0.4 is 10.2 Å². The molecule has 2 rings (SSSR count). The number of ether oxygens (including phenoxy) is 1. The number of hydrogen-bond acceptors (Lipinski definition) is 4. The molecule has 1 saturated carbocycles. The van der Waals surface area contributed by atoms with Crippen molar-refractivity contribution in [1.29, 1.82) is 0 Å². The normalized spacial score (nSPS) is 17.2. The molecule has 1 aromatic rings. The number of nitrogens with zero attached hydrogens (tertiary/aromatic N) is 1. The summed E-state index contributed by atoms with van der Waals surface area (Å²) >= 11 is 5.47.